The smallest absolute Gasteiger partial charge is 0.259 e. The van der Waals surface area contributed by atoms with Crippen molar-refractivity contribution >= 4 is 11.7 Å². The maximum atomic E-state index is 12.7. The summed E-state index contributed by atoms with van der Waals surface area (Å²) in [7, 11) is 0. The quantitative estimate of drug-likeness (QED) is 0.254. The Bertz CT molecular complexity index is 750. The monoisotopic (exact) mass is 373 g/mol. The number of carbonyl (C=O) groups excluding carboxylic acids is 2. The van der Waals surface area contributed by atoms with Crippen LogP contribution in [0, 0.1) is 11.8 Å². The van der Waals surface area contributed by atoms with Crippen molar-refractivity contribution in [3.63, 3.8) is 0 Å². The number of nitrogens with one attached hydrogen (secondary N) is 1. The van der Waals surface area contributed by atoms with Gasteiger partial charge in [0.15, 0.2) is 5.78 Å². The summed E-state index contributed by atoms with van der Waals surface area (Å²) in [6.45, 7) is 5.76. The highest BCUT2D eigenvalue weighted by Gasteiger charge is 2.43. The fourth-order valence-corrected chi connectivity index (χ4v) is 3.30. The molecule has 2 rings (SSSR count). The van der Waals surface area contributed by atoms with Crippen molar-refractivity contribution in [1.29, 1.82) is 0 Å². The van der Waals surface area contributed by atoms with Crippen LogP contribution in [0.3, 0.4) is 0 Å². The lowest BCUT2D eigenvalue weighted by Crippen LogP contribution is -2.35. The Morgan fingerprint density at radius 2 is 1.85 bits per heavy atom. The molecule has 0 radical (unpaired) electrons. The van der Waals surface area contributed by atoms with Crippen molar-refractivity contribution in [1.82, 2.24) is 5.32 Å². The number of aliphatic hydroxyl groups excluding tert-OH is 2. The van der Waals surface area contributed by atoms with Gasteiger partial charge < -0.3 is 20.6 Å². The highest BCUT2D eigenvalue weighted by molar-refractivity contribution is 6.27. The lowest BCUT2D eigenvalue weighted by molar-refractivity contribution is -0.118. The van der Waals surface area contributed by atoms with Crippen LogP contribution in [-0.2, 0) is 9.59 Å². The van der Waals surface area contributed by atoms with Gasteiger partial charge in [0.2, 0.25) is 0 Å². The predicted octanol–water partition coefficient (Wildman–Crippen LogP) is 2.93. The van der Waals surface area contributed by atoms with Gasteiger partial charge in [0, 0.05) is 5.92 Å². The number of phenols is 1. The Morgan fingerprint density at radius 3 is 2.44 bits per heavy atom. The molecule has 1 fully saturated rings. The number of Topliss-reactive ketones (excluding diaryl/α,β-unsaturated/α-hetero) is 1. The van der Waals surface area contributed by atoms with E-state index in [-0.39, 0.29) is 28.9 Å². The maximum Gasteiger partial charge on any atom is 0.259 e. The number of aliphatic hydroxyl groups is 2. The van der Waals surface area contributed by atoms with Crippen molar-refractivity contribution in [2.24, 2.45) is 11.8 Å². The number of rotatable bonds is 7. The van der Waals surface area contributed by atoms with Gasteiger partial charge in [-0.25, -0.2) is 0 Å². The molecular formula is C21H27NO5. The lowest BCUT2D eigenvalue weighted by Gasteiger charge is -2.17. The number of aromatic hydroxyl groups is 1. The van der Waals surface area contributed by atoms with Crippen LogP contribution in [0.15, 0.2) is 47.7 Å². The fraction of sp³-hybridized carbons (Fsp3) is 0.429. The van der Waals surface area contributed by atoms with Gasteiger partial charge in [-0.15, -0.1) is 0 Å². The minimum absolute atomic E-state index is 0.0341. The summed E-state index contributed by atoms with van der Waals surface area (Å²) in [6.07, 6.45) is 4.22. The van der Waals surface area contributed by atoms with E-state index in [1.807, 2.05) is 26.0 Å². The zero-order valence-corrected chi connectivity index (χ0v) is 15.8. The van der Waals surface area contributed by atoms with Gasteiger partial charge in [0.1, 0.15) is 29.2 Å². The first-order chi connectivity index (χ1) is 12.8. The second-order valence-corrected chi connectivity index (χ2v) is 7.16. The topological polar surface area (TPSA) is 107 Å². The van der Waals surface area contributed by atoms with Crippen LogP contribution in [0.25, 0.3) is 0 Å². The van der Waals surface area contributed by atoms with E-state index in [1.54, 1.807) is 6.92 Å². The van der Waals surface area contributed by atoms with E-state index in [1.165, 1.54) is 24.3 Å². The van der Waals surface area contributed by atoms with Gasteiger partial charge in [0.05, 0.1) is 0 Å². The Kier molecular flexibility index (Phi) is 6.80. The number of hydrogen-bond donors (Lipinski definition) is 4. The van der Waals surface area contributed by atoms with Crippen LogP contribution in [0.5, 0.6) is 5.75 Å². The molecule has 4 atom stereocenters. The van der Waals surface area contributed by atoms with Gasteiger partial charge in [-0.2, -0.15) is 0 Å². The number of allylic oxidation sites excluding steroid dienone is 3. The summed E-state index contributed by atoms with van der Waals surface area (Å²) < 4.78 is 0. The maximum absolute atomic E-state index is 12.7. The molecule has 1 aliphatic heterocycles. The highest BCUT2D eigenvalue weighted by Crippen LogP contribution is 2.29. The third-order valence-electron chi connectivity index (χ3n) is 4.85. The fourth-order valence-electron chi connectivity index (χ4n) is 3.30. The molecule has 0 aromatic heterocycles. The predicted molar refractivity (Wildman–Crippen MR) is 102 cm³/mol. The number of hydrogen-bond acceptors (Lipinski definition) is 5. The Labute approximate surface area is 159 Å². The third-order valence-corrected chi connectivity index (χ3v) is 4.85. The number of carbonyl (C=O) groups is 2. The van der Waals surface area contributed by atoms with Crippen LogP contribution in [-0.4, -0.2) is 33.1 Å². The number of amides is 1. The zero-order chi connectivity index (χ0) is 20.1. The molecule has 0 bridgehead atoms. The molecule has 1 saturated heterocycles. The summed E-state index contributed by atoms with van der Waals surface area (Å²) >= 11 is 0. The van der Waals surface area contributed by atoms with Crippen LogP contribution >= 0.6 is 0 Å². The van der Waals surface area contributed by atoms with E-state index in [4.69, 9.17) is 0 Å². The van der Waals surface area contributed by atoms with Crippen LogP contribution in [0.4, 0.5) is 0 Å². The number of phenolic OH excluding ortho intramolecular Hbond substituents is 1. The lowest BCUT2D eigenvalue weighted by atomic mass is 9.90. The molecule has 6 heteroatoms. The molecule has 146 valence electrons. The van der Waals surface area contributed by atoms with Gasteiger partial charge in [-0.1, -0.05) is 38.1 Å². The molecule has 27 heavy (non-hydrogen) atoms. The molecule has 1 aromatic carbocycles. The zero-order valence-electron chi connectivity index (χ0n) is 15.8. The average Bonchev–Trinajstić information content (AvgIpc) is 2.93. The van der Waals surface area contributed by atoms with Crippen LogP contribution < -0.4 is 5.32 Å². The third kappa shape index (κ3) is 4.77. The van der Waals surface area contributed by atoms with E-state index >= 15 is 0 Å². The van der Waals surface area contributed by atoms with Crippen molar-refractivity contribution in [2.45, 2.75) is 45.8 Å². The largest absolute Gasteiger partial charge is 0.511 e. The van der Waals surface area contributed by atoms with E-state index < -0.39 is 23.8 Å². The minimum atomic E-state index is -1.27. The summed E-state index contributed by atoms with van der Waals surface area (Å²) in [5, 5.41) is 32.8. The molecule has 4 N–H and O–H groups in total. The molecule has 1 aromatic rings. The SMILES string of the molecule is CC=CCC(C)CC(C)C(O)=C1C(=O)NC(C(O)c2ccc(O)cc2)C1=O. The van der Waals surface area contributed by atoms with E-state index in [2.05, 4.69) is 5.32 Å². The van der Waals surface area contributed by atoms with E-state index in [0.717, 1.165) is 6.42 Å². The normalized spacial score (nSPS) is 22.6. The molecule has 0 spiro atoms. The molecule has 0 aliphatic carbocycles. The molecule has 1 aliphatic rings. The van der Waals surface area contributed by atoms with Gasteiger partial charge in [-0.3, -0.25) is 9.59 Å². The molecule has 0 saturated carbocycles. The number of benzene rings is 1. The average molecular weight is 373 g/mol. The van der Waals surface area contributed by atoms with Crippen molar-refractivity contribution in [3.8, 4) is 5.75 Å². The van der Waals surface area contributed by atoms with Crippen molar-refractivity contribution < 1.29 is 24.9 Å². The van der Waals surface area contributed by atoms with Gasteiger partial charge in [0.25, 0.3) is 5.91 Å². The Hall–Kier alpha value is -2.60. The summed E-state index contributed by atoms with van der Waals surface area (Å²) in [6, 6.07) is 4.58. The van der Waals surface area contributed by atoms with Crippen molar-refractivity contribution in [3.05, 3.63) is 53.3 Å². The standard InChI is InChI=1S/C21H27NO5/c1-4-5-6-12(2)11-13(3)18(24)16-20(26)17(22-21(16)27)19(25)14-7-9-15(23)10-8-14/h4-5,7-10,12-13,17,19,23-25H,6,11H2,1-3H3,(H,22,27). The minimum Gasteiger partial charge on any atom is -0.511 e. The molecular weight excluding hydrogens is 346 g/mol. The Morgan fingerprint density at radius 1 is 1.22 bits per heavy atom. The van der Waals surface area contributed by atoms with Gasteiger partial charge in [-0.05, 0) is 43.4 Å². The first-order valence-corrected chi connectivity index (χ1v) is 9.12. The summed E-state index contributed by atoms with van der Waals surface area (Å²) in [4.78, 5) is 25.0. The second-order valence-electron chi connectivity index (χ2n) is 7.16. The molecule has 6 nitrogen and oxygen atoms in total. The molecule has 1 heterocycles. The number of ketones is 1. The molecule has 1 amide bonds. The van der Waals surface area contributed by atoms with Crippen LogP contribution in [0.2, 0.25) is 0 Å². The van der Waals surface area contributed by atoms with E-state index in [9.17, 15) is 24.9 Å². The van der Waals surface area contributed by atoms with Gasteiger partial charge >= 0.3 is 0 Å². The molecule has 4 unspecified atom stereocenters. The Balaban J connectivity index is 2.18. The summed E-state index contributed by atoms with van der Waals surface area (Å²) in [5.41, 5.74) is 0.115. The van der Waals surface area contributed by atoms with Crippen molar-refractivity contribution in [2.75, 3.05) is 0 Å². The van der Waals surface area contributed by atoms with Crippen LogP contribution in [0.1, 0.15) is 45.3 Å². The second kappa shape index (κ2) is 8.86. The first-order valence-electron chi connectivity index (χ1n) is 9.12. The van der Waals surface area contributed by atoms with E-state index in [0.29, 0.717) is 12.0 Å². The highest BCUT2D eigenvalue weighted by atomic mass is 16.3. The first kappa shape index (κ1) is 20.7. The summed E-state index contributed by atoms with van der Waals surface area (Å²) in [5.74, 6) is -1.55.